The van der Waals surface area contributed by atoms with Crippen LogP contribution < -0.4 is 15.0 Å². The molecule has 0 saturated carbocycles. The van der Waals surface area contributed by atoms with E-state index in [0.717, 1.165) is 56.8 Å². The average molecular weight is 428 g/mol. The van der Waals surface area contributed by atoms with Crippen LogP contribution in [0.2, 0.25) is 0 Å². The molecule has 5 rings (SSSR count). The Kier molecular flexibility index (Phi) is 5.54. The van der Waals surface area contributed by atoms with Crippen LogP contribution in [0.4, 0.5) is 5.69 Å². The Balaban J connectivity index is 1.32. The van der Waals surface area contributed by atoms with E-state index >= 15 is 0 Å². The van der Waals surface area contributed by atoms with Crippen LogP contribution in [0, 0.1) is 5.92 Å². The molecule has 0 radical (unpaired) electrons. The highest BCUT2D eigenvalue weighted by molar-refractivity contribution is 5.90. The normalized spacial score (nSPS) is 26.4. The van der Waals surface area contributed by atoms with Crippen molar-refractivity contribution in [1.29, 1.82) is 0 Å². The van der Waals surface area contributed by atoms with E-state index < -0.39 is 12.3 Å². The number of hydrogen-bond donors (Lipinski definition) is 2. The van der Waals surface area contributed by atoms with E-state index in [0.29, 0.717) is 11.7 Å². The third kappa shape index (κ3) is 3.87. The van der Waals surface area contributed by atoms with Crippen molar-refractivity contribution in [3.05, 3.63) is 35.9 Å². The molecule has 9 heteroatoms. The fourth-order valence-corrected chi connectivity index (χ4v) is 4.91. The van der Waals surface area contributed by atoms with Gasteiger partial charge in [0, 0.05) is 26.7 Å². The lowest BCUT2D eigenvalue weighted by Crippen LogP contribution is -2.52. The summed E-state index contributed by atoms with van der Waals surface area (Å²) in [7, 11) is 1.78. The summed E-state index contributed by atoms with van der Waals surface area (Å²) in [5.41, 5.74) is 0.779. The number of para-hydroxylation sites is 2. The number of hydrogen-bond acceptors (Lipinski definition) is 7. The molecule has 166 valence electrons. The molecule has 31 heavy (non-hydrogen) atoms. The maximum absolute atomic E-state index is 13.0. The van der Waals surface area contributed by atoms with Crippen molar-refractivity contribution in [3.63, 3.8) is 0 Å². The molecule has 4 heterocycles. The van der Waals surface area contributed by atoms with Crippen molar-refractivity contribution in [2.45, 2.75) is 50.4 Å². The molecule has 1 amide bonds. The number of aliphatic hydroxyl groups is 1. The Labute approximate surface area is 181 Å². The molecule has 3 aliphatic rings. The maximum atomic E-state index is 13.0. The molecular formula is C22H29N5O4. The number of amides is 1. The quantitative estimate of drug-likeness (QED) is 0.766. The first kappa shape index (κ1) is 20.3. The highest BCUT2D eigenvalue weighted by atomic mass is 16.5. The Morgan fingerprint density at radius 3 is 2.87 bits per heavy atom. The molecule has 3 aliphatic heterocycles. The molecule has 2 N–H and O–H groups in total. The first-order valence-electron chi connectivity index (χ1n) is 11.1. The van der Waals surface area contributed by atoms with Crippen molar-refractivity contribution < 1.29 is 19.4 Å². The van der Waals surface area contributed by atoms with E-state index in [1.165, 1.54) is 0 Å². The third-order valence-corrected chi connectivity index (χ3v) is 6.67. The second kappa shape index (κ2) is 8.47. The molecule has 0 bridgehead atoms. The van der Waals surface area contributed by atoms with Gasteiger partial charge in [-0.15, -0.1) is 5.10 Å². The standard InChI is InChI=1S/C22H29N5O4/c1-26-17-5-2-3-7-18(17)31-13-15(22(26)29)23-21(28)20-24-19-8-4-6-16(27(19)25-20)14-9-11-30-12-10-14/h2-3,5,7,14-16,22,29H,4,6,8-13H2,1H3,(H,23,28)/t15-,16-,22?/m0/s1. The number of anilines is 1. The number of nitrogens with one attached hydrogen (secondary N) is 1. The lowest BCUT2D eigenvalue weighted by molar-refractivity contribution is 0.0418. The zero-order valence-corrected chi connectivity index (χ0v) is 17.7. The summed E-state index contributed by atoms with van der Waals surface area (Å²) >= 11 is 0. The highest BCUT2D eigenvalue weighted by Gasteiger charge is 2.34. The van der Waals surface area contributed by atoms with Gasteiger partial charge in [0.05, 0.1) is 11.7 Å². The lowest BCUT2D eigenvalue weighted by atomic mass is 9.87. The molecule has 1 unspecified atom stereocenters. The fraction of sp³-hybridized carbons (Fsp3) is 0.591. The molecule has 0 aliphatic carbocycles. The minimum absolute atomic E-state index is 0.158. The molecule has 9 nitrogen and oxygen atoms in total. The van der Waals surface area contributed by atoms with Gasteiger partial charge in [0.2, 0.25) is 5.82 Å². The van der Waals surface area contributed by atoms with Gasteiger partial charge in [0.25, 0.3) is 5.91 Å². The van der Waals surface area contributed by atoms with Gasteiger partial charge in [0.15, 0.2) is 6.23 Å². The molecule has 2 aromatic rings. The van der Waals surface area contributed by atoms with Crippen molar-refractivity contribution >= 4 is 11.6 Å². The smallest absolute Gasteiger partial charge is 0.291 e. The van der Waals surface area contributed by atoms with E-state index in [2.05, 4.69) is 15.4 Å². The molecule has 3 atom stereocenters. The number of likely N-dealkylation sites (N-methyl/N-ethyl adjacent to an activating group) is 1. The Morgan fingerprint density at radius 2 is 2.03 bits per heavy atom. The molecule has 1 aromatic heterocycles. The zero-order valence-electron chi connectivity index (χ0n) is 17.7. The van der Waals surface area contributed by atoms with Gasteiger partial charge in [-0.05, 0) is 43.7 Å². The van der Waals surface area contributed by atoms with Gasteiger partial charge < -0.3 is 24.8 Å². The van der Waals surface area contributed by atoms with Crippen molar-refractivity contribution in [1.82, 2.24) is 20.1 Å². The van der Waals surface area contributed by atoms with Gasteiger partial charge in [0.1, 0.15) is 24.2 Å². The van der Waals surface area contributed by atoms with Gasteiger partial charge >= 0.3 is 0 Å². The van der Waals surface area contributed by atoms with Crippen LogP contribution in [0.3, 0.4) is 0 Å². The van der Waals surface area contributed by atoms with Crippen molar-refractivity contribution in [3.8, 4) is 5.75 Å². The summed E-state index contributed by atoms with van der Waals surface area (Å²) < 4.78 is 13.3. The van der Waals surface area contributed by atoms with Crippen LogP contribution in [0.5, 0.6) is 5.75 Å². The summed E-state index contributed by atoms with van der Waals surface area (Å²) in [6, 6.07) is 7.16. The number of nitrogens with zero attached hydrogens (tertiary/aromatic N) is 4. The minimum atomic E-state index is -0.931. The average Bonchev–Trinajstić information content (AvgIpc) is 3.22. The van der Waals surface area contributed by atoms with Crippen LogP contribution >= 0.6 is 0 Å². The zero-order chi connectivity index (χ0) is 21.4. The molecule has 1 aromatic carbocycles. The second-order valence-corrected chi connectivity index (χ2v) is 8.59. The monoisotopic (exact) mass is 427 g/mol. The summed E-state index contributed by atoms with van der Waals surface area (Å²) in [4.78, 5) is 19.2. The number of benzene rings is 1. The molecule has 1 fully saturated rings. The van der Waals surface area contributed by atoms with Gasteiger partial charge in [-0.1, -0.05) is 12.1 Å². The van der Waals surface area contributed by atoms with Crippen LogP contribution in [0.15, 0.2) is 24.3 Å². The van der Waals surface area contributed by atoms with E-state index in [1.807, 2.05) is 28.9 Å². The SMILES string of the molecule is CN1c2ccccc2OC[C@H](NC(=O)c2nc3n(n2)[C@H](C2CCOCC2)CCC3)C1O. The number of aryl methyl sites for hydroxylation is 1. The van der Waals surface area contributed by atoms with Gasteiger partial charge in [-0.25, -0.2) is 9.67 Å². The summed E-state index contributed by atoms with van der Waals surface area (Å²) in [6.45, 7) is 1.73. The molecular weight excluding hydrogens is 398 g/mol. The Hall–Kier alpha value is -2.65. The van der Waals surface area contributed by atoms with Crippen LogP contribution in [0.1, 0.15) is 48.2 Å². The van der Waals surface area contributed by atoms with Gasteiger partial charge in [-0.3, -0.25) is 4.79 Å². The predicted octanol–water partition coefficient (Wildman–Crippen LogP) is 1.53. The van der Waals surface area contributed by atoms with Crippen LogP contribution in [0.25, 0.3) is 0 Å². The number of carbonyl (C=O) groups excluding carboxylic acids is 1. The number of aromatic nitrogens is 3. The van der Waals surface area contributed by atoms with E-state index in [1.54, 1.807) is 11.9 Å². The number of ether oxygens (including phenoxy) is 2. The second-order valence-electron chi connectivity index (χ2n) is 8.59. The summed E-state index contributed by atoms with van der Waals surface area (Å²) in [6.07, 6.45) is 4.04. The van der Waals surface area contributed by atoms with Gasteiger partial charge in [-0.2, -0.15) is 0 Å². The molecule has 1 saturated heterocycles. The van der Waals surface area contributed by atoms with Crippen LogP contribution in [-0.2, 0) is 11.2 Å². The first-order chi connectivity index (χ1) is 15.1. The Morgan fingerprint density at radius 1 is 1.23 bits per heavy atom. The molecule has 0 spiro atoms. The van der Waals surface area contributed by atoms with E-state index in [-0.39, 0.29) is 24.4 Å². The fourth-order valence-electron chi connectivity index (χ4n) is 4.91. The number of aliphatic hydroxyl groups excluding tert-OH is 1. The predicted molar refractivity (Wildman–Crippen MR) is 113 cm³/mol. The van der Waals surface area contributed by atoms with Crippen molar-refractivity contribution in [2.24, 2.45) is 5.92 Å². The minimum Gasteiger partial charge on any atom is -0.489 e. The maximum Gasteiger partial charge on any atom is 0.291 e. The lowest BCUT2D eigenvalue weighted by Gasteiger charge is -2.33. The van der Waals surface area contributed by atoms with Crippen molar-refractivity contribution in [2.75, 3.05) is 31.8 Å². The largest absolute Gasteiger partial charge is 0.489 e. The van der Waals surface area contributed by atoms with Crippen LogP contribution in [-0.4, -0.2) is 64.9 Å². The van der Waals surface area contributed by atoms with E-state index in [9.17, 15) is 9.90 Å². The third-order valence-electron chi connectivity index (χ3n) is 6.67. The summed E-state index contributed by atoms with van der Waals surface area (Å²) in [5, 5.41) is 18.3. The summed E-state index contributed by atoms with van der Waals surface area (Å²) in [5.74, 6) is 1.82. The topological polar surface area (TPSA) is 102 Å². The number of carbonyl (C=O) groups is 1. The number of rotatable bonds is 3. The van der Waals surface area contributed by atoms with E-state index in [4.69, 9.17) is 9.47 Å². The first-order valence-corrected chi connectivity index (χ1v) is 11.1. The highest BCUT2D eigenvalue weighted by Crippen LogP contribution is 2.35. The number of fused-ring (bicyclic) bond motifs is 2. The Bertz CT molecular complexity index is 942.